The summed E-state index contributed by atoms with van der Waals surface area (Å²) >= 11 is 0. The standard InChI is InChI=1S/C20H25N3O6S/c1-3-28-17-6-8-18(9-7-17)29-14-20(25)21-12-13-22-30(26,27)19-10-4-16(5-11-19)23-15(2)24/h4-11,22H,3,12-14H2,1-2H3,(H,21,25)(H,23,24). The molecule has 3 N–H and O–H groups in total. The smallest absolute Gasteiger partial charge is 0.257 e. The number of anilines is 1. The van der Waals surface area contributed by atoms with Gasteiger partial charge in [0.1, 0.15) is 11.5 Å². The highest BCUT2D eigenvalue weighted by atomic mass is 32.2. The summed E-state index contributed by atoms with van der Waals surface area (Å²) in [6.45, 7) is 3.75. The van der Waals surface area contributed by atoms with Gasteiger partial charge in [-0.2, -0.15) is 0 Å². The van der Waals surface area contributed by atoms with E-state index in [0.717, 1.165) is 0 Å². The first-order valence-corrected chi connectivity index (χ1v) is 10.8. The zero-order chi connectivity index (χ0) is 22.0. The second-order valence-electron chi connectivity index (χ2n) is 6.15. The Kier molecular flexibility index (Phi) is 8.63. The molecule has 2 aromatic rings. The number of hydrogen-bond donors (Lipinski definition) is 3. The second-order valence-corrected chi connectivity index (χ2v) is 7.91. The molecule has 0 saturated carbocycles. The van der Waals surface area contributed by atoms with E-state index in [1.807, 2.05) is 6.92 Å². The topological polar surface area (TPSA) is 123 Å². The van der Waals surface area contributed by atoms with E-state index in [0.29, 0.717) is 23.8 Å². The predicted molar refractivity (Wildman–Crippen MR) is 112 cm³/mol. The molecule has 2 aromatic carbocycles. The van der Waals surface area contributed by atoms with Crippen LogP contribution in [0.25, 0.3) is 0 Å². The maximum atomic E-state index is 12.2. The molecule has 0 spiro atoms. The Labute approximate surface area is 175 Å². The summed E-state index contributed by atoms with van der Waals surface area (Å²) in [7, 11) is -3.72. The van der Waals surface area contributed by atoms with Gasteiger partial charge in [-0.05, 0) is 55.5 Å². The summed E-state index contributed by atoms with van der Waals surface area (Å²) in [5, 5.41) is 5.14. The van der Waals surface area contributed by atoms with Crippen LogP contribution in [0.15, 0.2) is 53.4 Å². The Morgan fingerprint density at radius 1 is 0.900 bits per heavy atom. The van der Waals surface area contributed by atoms with E-state index in [4.69, 9.17) is 9.47 Å². The maximum absolute atomic E-state index is 12.2. The summed E-state index contributed by atoms with van der Waals surface area (Å²) in [5.74, 6) is 0.622. The monoisotopic (exact) mass is 435 g/mol. The SMILES string of the molecule is CCOc1ccc(OCC(=O)NCCNS(=O)(=O)c2ccc(NC(C)=O)cc2)cc1. The fourth-order valence-electron chi connectivity index (χ4n) is 2.39. The number of hydrogen-bond acceptors (Lipinski definition) is 6. The van der Waals surface area contributed by atoms with Gasteiger partial charge in [-0.1, -0.05) is 0 Å². The van der Waals surface area contributed by atoms with Crippen LogP contribution in [0.2, 0.25) is 0 Å². The minimum absolute atomic E-state index is 0.0184. The average Bonchev–Trinajstić information content (AvgIpc) is 2.71. The van der Waals surface area contributed by atoms with Gasteiger partial charge >= 0.3 is 0 Å². The molecule has 10 heteroatoms. The normalized spacial score (nSPS) is 10.9. The van der Waals surface area contributed by atoms with Crippen molar-refractivity contribution >= 4 is 27.5 Å². The van der Waals surface area contributed by atoms with Crippen LogP contribution >= 0.6 is 0 Å². The van der Waals surface area contributed by atoms with Crippen molar-refractivity contribution in [1.82, 2.24) is 10.0 Å². The van der Waals surface area contributed by atoms with Crippen molar-refractivity contribution in [2.75, 3.05) is 31.6 Å². The molecule has 0 aliphatic carbocycles. The van der Waals surface area contributed by atoms with E-state index < -0.39 is 10.0 Å². The second kappa shape index (κ2) is 11.2. The average molecular weight is 436 g/mol. The lowest BCUT2D eigenvalue weighted by atomic mass is 10.3. The fraction of sp³-hybridized carbons (Fsp3) is 0.300. The van der Waals surface area contributed by atoms with Gasteiger partial charge in [-0.15, -0.1) is 0 Å². The number of sulfonamides is 1. The van der Waals surface area contributed by atoms with Crippen LogP contribution in [0.1, 0.15) is 13.8 Å². The molecule has 30 heavy (non-hydrogen) atoms. The quantitative estimate of drug-likeness (QED) is 0.460. The van der Waals surface area contributed by atoms with Crippen LogP contribution in [-0.4, -0.2) is 46.5 Å². The number of ether oxygens (including phenoxy) is 2. The summed E-state index contributed by atoms with van der Waals surface area (Å²) < 4.78 is 37.6. The lowest BCUT2D eigenvalue weighted by Gasteiger charge is -2.10. The maximum Gasteiger partial charge on any atom is 0.257 e. The van der Waals surface area contributed by atoms with Gasteiger partial charge in [0.15, 0.2) is 6.61 Å². The zero-order valence-corrected chi connectivity index (χ0v) is 17.6. The van der Waals surface area contributed by atoms with Gasteiger partial charge in [0, 0.05) is 25.7 Å². The summed E-state index contributed by atoms with van der Waals surface area (Å²) in [6.07, 6.45) is 0. The number of benzene rings is 2. The molecule has 0 heterocycles. The van der Waals surface area contributed by atoms with Crippen LogP contribution in [0.3, 0.4) is 0 Å². The first kappa shape index (κ1) is 23.2. The zero-order valence-electron chi connectivity index (χ0n) is 16.8. The molecule has 0 aliphatic heterocycles. The molecular weight excluding hydrogens is 410 g/mol. The van der Waals surface area contributed by atoms with E-state index >= 15 is 0 Å². The van der Waals surface area contributed by atoms with E-state index in [-0.39, 0.29) is 36.4 Å². The Morgan fingerprint density at radius 3 is 2.07 bits per heavy atom. The molecule has 0 atom stereocenters. The molecule has 0 saturated heterocycles. The van der Waals surface area contributed by atoms with Gasteiger partial charge < -0.3 is 20.1 Å². The number of carbonyl (C=O) groups excluding carboxylic acids is 2. The van der Waals surface area contributed by atoms with Gasteiger partial charge in [0.2, 0.25) is 15.9 Å². The molecule has 2 amide bonds. The number of amides is 2. The van der Waals surface area contributed by atoms with Gasteiger partial charge in [-0.3, -0.25) is 9.59 Å². The predicted octanol–water partition coefficient (Wildman–Crippen LogP) is 1.52. The molecule has 0 radical (unpaired) electrons. The lowest BCUT2D eigenvalue weighted by Crippen LogP contribution is -2.36. The minimum Gasteiger partial charge on any atom is -0.494 e. The first-order chi connectivity index (χ1) is 14.3. The van der Waals surface area contributed by atoms with Crippen molar-refractivity contribution in [3.63, 3.8) is 0 Å². The van der Waals surface area contributed by atoms with Crippen LogP contribution in [-0.2, 0) is 19.6 Å². The Morgan fingerprint density at radius 2 is 1.50 bits per heavy atom. The number of nitrogens with one attached hydrogen (secondary N) is 3. The van der Waals surface area contributed by atoms with E-state index in [9.17, 15) is 18.0 Å². The lowest BCUT2D eigenvalue weighted by molar-refractivity contribution is -0.123. The Bertz CT molecular complexity index is 944. The molecule has 0 aromatic heterocycles. The van der Waals surface area contributed by atoms with Crippen LogP contribution < -0.4 is 24.8 Å². The highest BCUT2D eigenvalue weighted by Gasteiger charge is 2.13. The van der Waals surface area contributed by atoms with Gasteiger partial charge in [0.25, 0.3) is 5.91 Å². The largest absolute Gasteiger partial charge is 0.494 e. The third-order valence-corrected chi connectivity index (χ3v) is 5.21. The van der Waals surface area contributed by atoms with E-state index in [2.05, 4.69) is 15.4 Å². The number of rotatable bonds is 11. The van der Waals surface area contributed by atoms with Gasteiger partial charge in [-0.25, -0.2) is 13.1 Å². The summed E-state index contributed by atoms with van der Waals surface area (Å²) in [4.78, 5) is 22.9. The highest BCUT2D eigenvalue weighted by Crippen LogP contribution is 2.17. The van der Waals surface area contributed by atoms with Crippen LogP contribution in [0, 0.1) is 0 Å². The minimum atomic E-state index is -3.72. The van der Waals surface area contributed by atoms with Crippen LogP contribution in [0.4, 0.5) is 5.69 Å². The van der Waals surface area contributed by atoms with Crippen molar-refractivity contribution in [3.8, 4) is 11.5 Å². The molecule has 0 bridgehead atoms. The van der Waals surface area contributed by atoms with Gasteiger partial charge in [0.05, 0.1) is 11.5 Å². The molecule has 0 unspecified atom stereocenters. The highest BCUT2D eigenvalue weighted by molar-refractivity contribution is 7.89. The molecule has 2 rings (SSSR count). The summed E-state index contributed by atoms with van der Waals surface area (Å²) in [5.41, 5.74) is 0.501. The molecule has 0 aliphatic rings. The molecule has 9 nitrogen and oxygen atoms in total. The van der Waals surface area contributed by atoms with E-state index in [1.165, 1.54) is 31.2 Å². The van der Waals surface area contributed by atoms with Crippen molar-refractivity contribution in [3.05, 3.63) is 48.5 Å². The van der Waals surface area contributed by atoms with Crippen LogP contribution in [0.5, 0.6) is 11.5 Å². The van der Waals surface area contributed by atoms with Crippen molar-refractivity contribution in [2.45, 2.75) is 18.7 Å². The molecular formula is C20H25N3O6S. The molecule has 0 fully saturated rings. The molecule has 162 valence electrons. The van der Waals surface area contributed by atoms with Crippen molar-refractivity contribution < 1.29 is 27.5 Å². The Hall–Kier alpha value is -3.11. The van der Waals surface area contributed by atoms with Crippen molar-refractivity contribution in [2.24, 2.45) is 0 Å². The third kappa shape index (κ3) is 7.72. The third-order valence-electron chi connectivity index (χ3n) is 3.73. The first-order valence-electron chi connectivity index (χ1n) is 9.30. The summed E-state index contributed by atoms with van der Waals surface area (Å²) in [6, 6.07) is 12.6. The van der Waals surface area contributed by atoms with E-state index in [1.54, 1.807) is 24.3 Å². The fourth-order valence-corrected chi connectivity index (χ4v) is 3.42. The van der Waals surface area contributed by atoms with Crippen molar-refractivity contribution in [1.29, 1.82) is 0 Å². The Balaban J connectivity index is 1.71. The number of carbonyl (C=O) groups is 2.